The first kappa shape index (κ1) is 29.5. The van der Waals surface area contributed by atoms with Gasteiger partial charge in [-0.25, -0.2) is 5.43 Å². The van der Waals surface area contributed by atoms with E-state index in [1.807, 2.05) is 0 Å². The minimum atomic E-state index is -3.99. The molecule has 17 nitrogen and oxygen atoms in total. The number of nitrogens with zero attached hydrogens (tertiary/aromatic N) is 6. The zero-order valence-corrected chi connectivity index (χ0v) is 21.4. The van der Waals surface area contributed by atoms with Gasteiger partial charge in [0.1, 0.15) is 17.7 Å². The molecule has 2 aromatic carbocycles. The van der Waals surface area contributed by atoms with Gasteiger partial charge in [-0.2, -0.15) is 13.5 Å². The lowest BCUT2D eigenvalue weighted by Crippen LogP contribution is -2.29. The van der Waals surface area contributed by atoms with E-state index in [0.29, 0.717) is 5.69 Å². The molecule has 200 valence electrons. The van der Waals surface area contributed by atoms with E-state index in [9.17, 15) is 33.4 Å². The Labute approximate surface area is 223 Å². The van der Waals surface area contributed by atoms with Crippen molar-refractivity contribution >= 4 is 74.5 Å². The average Bonchev–Trinajstić information content (AvgIpc) is 3.32. The van der Waals surface area contributed by atoms with Crippen LogP contribution in [0.4, 0.5) is 22.2 Å². The Bertz CT molecular complexity index is 1460. The number of hydrazine groups is 1. The highest BCUT2D eigenvalue weighted by Crippen LogP contribution is 2.32. The SMILES string of the molecule is CC(=O)Nc1ccc(S(=O)(=O)/N=C/NN/C=N\Nc2nnc(-c3cc([N+](=O)[O-])cc([N+](=O)[O-])c3)s2)cc1.Cl. The van der Waals surface area contributed by atoms with Crippen molar-refractivity contribution in [2.45, 2.75) is 11.8 Å². The van der Waals surface area contributed by atoms with Gasteiger partial charge in [-0.15, -0.1) is 27.0 Å². The summed E-state index contributed by atoms with van der Waals surface area (Å²) in [6.45, 7) is 1.33. The lowest BCUT2D eigenvalue weighted by atomic mass is 10.2. The molecular weight excluding hydrogens is 568 g/mol. The number of hydrazone groups is 1. The van der Waals surface area contributed by atoms with Crippen molar-refractivity contribution in [3.8, 4) is 10.6 Å². The summed E-state index contributed by atoms with van der Waals surface area (Å²) in [6, 6.07) is 8.54. The van der Waals surface area contributed by atoms with Crippen molar-refractivity contribution in [1.29, 1.82) is 0 Å². The number of anilines is 2. The number of carbonyl (C=O) groups excluding carboxylic acids is 1. The second-order valence-electron chi connectivity index (χ2n) is 6.74. The number of amides is 1. The fourth-order valence-corrected chi connectivity index (χ4v) is 4.05. The largest absolute Gasteiger partial charge is 0.326 e. The number of halogens is 1. The van der Waals surface area contributed by atoms with E-state index in [4.69, 9.17) is 0 Å². The number of hydrogen-bond acceptors (Lipinski definition) is 12. The number of benzene rings is 2. The molecule has 1 heterocycles. The summed E-state index contributed by atoms with van der Waals surface area (Å²) < 4.78 is 27.8. The highest BCUT2D eigenvalue weighted by molar-refractivity contribution is 7.90. The molecule has 0 saturated carbocycles. The Kier molecular flexibility index (Phi) is 10.1. The fourth-order valence-electron chi connectivity index (χ4n) is 2.58. The molecule has 3 aromatic rings. The van der Waals surface area contributed by atoms with Crippen LogP contribution < -0.4 is 21.6 Å². The van der Waals surface area contributed by atoms with Gasteiger partial charge < -0.3 is 5.32 Å². The number of nitrogens with one attached hydrogen (secondary N) is 4. The number of sulfonamides is 1. The van der Waals surface area contributed by atoms with Crippen LogP contribution in [0.2, 0.25) is 0 Å². The molecule has 0 saturated heterocycles. The molecule has 4 N–H and O–H groups in total. The van der Waals surface area contributed by atoms with Crippen LogP contribution in [-0.4, -0.2) is 47.0 Å². The monoisotopic (exact) mass is 584 g/mol. The number of nitro groups is 2. The molecule has 0 aliphatic rings. The normalized spacial score (nSPS) is 11.1. The van der Waals surface area contributed by atoms with E-state index >= 15 is 0 Å². The predicted molar refractivity (Wildman–Crippen MR) is 141 cm³/mol. The summed E-state index contributed by atoms with van der Waals surface area (Å²) in [4.78, 5) is 31.5. The Balaban J connectivity index is 0.00000507. The summed E-state index contributed by atoms with van der Waals surface area (Å²) >= 11 is 0.931. The van der Waals surface area contributed by atoms with Crippen molar-refractivity contribution in [2.75, 3.05) is 10.7 Å². The van der Waals surface area contributed by atoms with Gasteiger partial charge in [0.15, 0.2) is 0 Å². The van der Waals surface area contributed by atoms with Crippen LogP contribution in [0.3, 0.4) is 0 Å². The third-order valence-corrected chi connectivity index (χ3v) is 6.23. The number of nitro benzene ring substituents is 2. The quantitative estimate of drug-likeness (QED) is 0.0834. The van der Waals surface area contributed by atoms with E-state index < -0.39 is 31.2 Å². The molecule has 0 aliphatic heterocycles. The molecular formula is C18H17ClN10O7S2. The van der Waals surface area contributed by atoms with Crippen molar-refractivity contribution in [3.05, 3.63) is 62.7 Å². The summed E-state index contributed by atoms with van der Waals surface area (Å²) in [6.07, 6.45) is 1.97. The second kappa shape index (κ2) is 13.0. The third-order valence-electron chi connectivity index (χ3n) is 4.10. The maximum Gasteiger partial charge on any atom is 0.283 e. The van der Waals surface area contributed by atoms with Crippen LogP contribution in [0.1, 0.15) is 6.92 Å². The lowest BCUT2D eigenvalue weighted by Gasteiger charge is -2.03. The first-order valence-electron chi connectivity index (χ1n) is 9.78. The predicted octanol–water partition coefficient (Wildman–Crippen LogP) is 2.27. The van der Waals surface area contributed by atoms with Crippen LogP contribution in [0, 0.1) is 20.2 Å². The van der Waals surface area contributed by atoms with Gasteiger partial charge in [0.25, 0.3) is 21.4 Å². The number of non-ortho nitro benzene ring substituents is 2. The highest BCUT2D eigenvalue weighted by Gasteiger charge is 2.19. The summed E-state index contributed by atoms with van der Waals surface area (Å²) in [5.41, 5.74) is 6.96. The minimum absolute atomic E-state index is 0. The van der Waals surface area contributed by atoms with Crippen LogP contribution in [0.15, 0.2) is 56.9 Å². The van der Waals surface area contributed by atoms with E-state index in [0.717, 1.165) is 42.2 Å². The van der Waals surface area contributed by atoms with Gasteiger partial charge >= 0.3 is 0 Å². The van der Waals surface area contributed by atoms with E-state index in [-0.39, 0.29) is 38.9 Å². The van der Waals surface area contributed by atoms with Crippen molar-refractivity contribution in [1.82, 2.24) is 21.0 Å². The summed E-state index contributed by atoms with van der Waals surface area (Å²) in [5.74, 6) is -0.291. The van der Waals surface area contributed by atoms with E-state index in [2.05, 4.69) is 41.3 Å². The summed E-state index contributed by atoms with van der Waals surface area (Å²) in [7, 11) is -3.99. The number of hydrogen-bond donors (Lipinski definition) is 4. The number of aromatic nitrogens is 2. The van der Waals surface area contributed by atoms with Crippen LogP contribution >= 0.6 is 23.7 Å². The number of rotatable bonds is 11. The summed E-state index contributed by atoms with van der Waals surface area (Å²) in [5, 5.41) is 36.3. The van der Waals surface area contributed by atoms with E-state index in [1.165, 1.54) is 31.2 Å². The first-order valence-corrected chi connectivity index (χ1v) is 12.0. The van der Waals surface area contributed by atoms with Gasteiger partial charge in [-0.3, -0.25) is 35.9 Å². The van der Waals surface area contributed by atoms with Crippen molar-refractivity contribution in [3.63, 3.8) is 0 Å². The smallest absolute Gasteiger partial charge is 0.283 e. The molecule has 3 rings (SSSR count). The Morgan fingerprint density at radius 1 is 1.00 bits per heavy atom. The maximum absolute atomic E-state index is 12.2. The van der Waals surface area contributed by atoms with Crippen LogP contribution in [0.5, 0.6) is 0 Å². The Hall–Kier alpha value is -4.75. The molecule has 38 heavy (non-hydrogen) atoms. The van der Waals surface area contributed by atoms with Crippen molar-refractivity contribution in [2.24, 2.45) is 9.50 Å². The standard InChI is InChI=1S/C18H16N10O7S2.ClH/c1-11(29)23-13-2-4-16(5-3-13)37(34,35)22-10-20-19-9-21-25-18-26-24-17(36-18)12-6-14(27(30)31)8-15(7-12)28(32)33;/h2-10H,1H3,(H,19,21)(H,20,22)(H,23,29)(H,25,26);1H. The van der Waals surface area contributed by atoms with Gasteiger partial charge in [0.2, 0.25) is 11.0 Å². The topological polar surface area (TPSA) is 236 Å². The number of carbonyl (C=O) groups is 1. The van der Waals surface area contributed by atoms with Gasteiger partial charge in [-0.1, -0.05) is 11.3 Å². The molecule has 1 aromatic heterocycles. The molecule has 0 unspecified atom stereocenters. The molecule has 0 bridgehead atoms. The van der Waals surface area contributed by atoms with Gasteiger partial charge in [-0.05, 0) is 24.3 Å². The zero-order valence-electron chi connectivity index (χ0n) is 19.0. The van der Waals surface area contributed by atoms with Crippen molar-refractivity contribution < 1.29 is 23.1 Å². The molecule has 0 spiro atoms. The molecule has 20 heteroatoms. The second-order valence-corrected chi connectivity index (χ2v) is 9.35. The van der Waals surface area contributed by atoms with Gasteiger partial charge in [0.05, 0.1) is 20.8 Å². The minimum Gasteiger partial charge on any atom is -0.326 e. The fraction of sp³-hybridized carbons (Fsp3) is 0.0556. The molecule has 0 atom stereocenters. The van der Waals surface area contributed by atoms with Crippen LogP contribution in [-0.2, 0) is 14.8 Å². The Morgan fingerprint density at radius 3 is 2.18 bits per heavy atom. The lowest BCUT2D eigenvalue weighted by molar-refractivity contribution is -0.394. The molecule has 0 radical (unpaired) electrons. The molecule has 0 aliphatic carbocycles. The Morgan fingerprint density at radius 2 is 1.61 bits per heavy atom. The van der Waals surface area contributed by atoms with Crippen LogP contribution in [0.25, 0.3) is 10.6 Å². The van der Waals surface area contributed by atoms with Gasteiger partial charge in [0, 0.05) is 30.3 Å². The first-order chi connectivity index (χ1) is 17.5. The third kappa shape index (κ3) is 8.15. The average molecular weight is 585 g/mol. The zero-order chi connectivity index (χ0) is 27.0. The highest BCUT2D eigenvalue weighted by atomic mass is 35.5. The maximum atomic E-state index is 12.2. The molecule has 0 fully saturated rings. The molecule has 1 amide bonds. The van der Waals surface area contributed by atoms with E-state index in [1.54, 1.807) is 0 Å².